The molecule has 0 saturated heterocycles. The van der Waals surface area contributed by atoms with Gasteiger partial charge in [-0.3, -0.25) is 0 Å². The summed E-state index contributed by atoms with van der Waals surface area (Å²) < 4.78 is 7.74. The lowest BCUT2D eigenvalue weighted by Gasteiger charge is -2.11. The molecule has 0 saturated carbocycles. The summed E-state index contributed by atoms with van der Waals surface area (Å²) in [4.78, 5) is 0. The van der Waals surface area contributed by atoms with Crippen molar-refractivity contribution in [3.05, 3.63) is 47.3 Å². The molecule has 0 radical (unpaired) electrons. The van der Waals surface area contributed by atoms with Crippen LogP contribution in [0.1, 0.15) is 23.9 Å². The van der Waals surface area contributed by atoms with E-state index in [2.05, 4.69) is 36.6 Å². The molecule has 2 N–H and O–H groups in total. The highest BCUT2D eigenvalue weighted by Gasteiger charge is 2.09. The van der Waals surface area contributed by atoms with E-state index in [1.54, 1.807) is 0 Å². The third kappa shape index (κ3) is 2.82. The first-order valence-corrected chi connectivity index (χ1v) is 6.78. The monoisotopic (exact) mass is 258 g/mol. The Morgan fingerprint density at radius 3 is 2.42 bits per heavy atom. The summed E-state index contributed by atoms with van der Waals surface area (Å²) in [7, 11) is 0. The van der Waals surface area contributed by atoms with Gasteiger partial charge in [0, 0.05) is 17.1 Å². The van der Waals surface area contributed by atoms with Crippen molar-refractivity contribution in [3.8, 4) is 11.4 Å². The highest BCUT2D eigenvalue weighted by Crippen LogP contribution is 2.23. The van der Waals surface area contributed by atoms with E-state index >= 15 is 0 Å². The lowest BCUT2D eigenvalue weighted by atomic mass is 10.2. The first-order chi connectivity index (χ1) is 9.17. The van der Waals surface area contributed by atoms with Crippen LogP contribution in [0.4, 0.5) is 0 Å². The maximum atomic E-state index is 5.65. The largest absolute Gasteiger partial charge is 0.494 e. The molecule has 0 aliphatic rings. The van der Waals surface area contributed by atoms with Crippen molar-refractivity contribution in [3.63, 3.8) is 0 Å². The Morgan fingerprint density at radius 1 is 1.16 bits per heavy atom. The topological polar surface area (TPSA) is 40.2 Å². The maximum Gasteiger partial charge on any atom is 0.119 e. The SMILES string of the molecule is CCOc1ccc(-n2c(C)cc(CCN)c2C)cc1. The molecule has 0 aliphatic heterocycles. The van der Waals surface area contributed by atoms with Gasteiger partial charge in [-0.2, -0.15) is 0 Å². The van der Waals surface area contributed by atoms with Gasteiger partial charge >= 0.3 is 0 Å². The zero-order chi connectivity index (χ0) is 13.8. The Hall–Kier alpha value is -1.74. The second-order valence-corrected chi connectivity index (χ2v) is 4.70. The molecule has 1 aromatic carbocycles. The van der Waals surface area contributed by atoms with Crippen LogP contribution in [0.5, 0.6) is 5.75 Å². The molecule has 0 atom stereocenters. The van der Waals surface area contributed by atoms with E-state index in [9.17, 15) is 0 Å². The van der Waals surface area contributed by atoms with Crippen LogP contribution in [-0.4, -0.2) is 17.7 Å². The summed E-state index contributed by atoms with van der Waals surface area (Å²) >= 11 is 0. The molecule has 0 spiro atoms. The van der Waals surface area contributed by atoms with Gasteiger partial charge in [0.15, 0.2) is 0 Å². The van der Waals surface area contributed by atoms with Crippen molar-refractivity contribution in [2.75, 3.05) is 13.2 Å². The first kappa shape index (κ1) is 13.7. The standard InChI is InChI=1S/C16H22N2O/c1-4-19-16-7-5-15(6-8-16)18-12(2)11-14(9-10-17)13(18)3/h5-8,11H,4,9-10,17H2,1-3H3. The summed E-state index contributed by atoms with van der Waals surface area (Å²) in [5.74, 6) is 0.913. The van der Waals surface area contributed by atoms with Crippen LogP contribution in [0, 0.1) is 13.8 Å². The highest BCUT2D eigenvalue weighted by atomic mass is 16.5. The average molecular weight is 258 g/mol. The first-order valence-electron chi connectivity index (χ1n) is 6.78. The van der Waals surface area contributed by atoms with E-state index < -0.39 is 0 Å². The second-order valence-electron chi connectivity index (χ2n) is 4.70. The molecule has 3 heteroatoms. The van der Waals surface area contributed by atoms with Crippen molar-refractivity contribution < 1.29 is 4.74 Å². The Bertz CT molecular complexity index is 541. The minimum Gasteiger partial charge on any atom is -0.494 e. The summed E-state index contributed by atoms with van der Waals surface area (Å²) in [6.07, 6.45) is 0.927. The number of nitrogens with zero attached hydrogens (tertiary/aromatic N) is 1. The van der Waals surface area contributed by atoms with Gasteiger partial charge in [0.2, 0.25) is 0 Å². The number of aryl methyl sites for hydroxylation is 1. The van der Waals surface area contributed by atoms with E-state index in [0.717, 1.165) is 12.2 Å². The van der Waals surface area contributed by atoms with Crippen LogP contribution in [-0.2, 0) is 6.42 Å². The molecule has 0 aliphatic carbocycles. The van der Waals surface area contributed by atoms with Crippen LogP contribution >= 0.6 is 0 Å². The van der Waals surface area contributed by atoms with Crippen molar-refractivity contribution >= 4 is 0 Å². The summed E-state index contributed by atoms with van der Waals surface area (Å²) in [6, 6.07) is 10.4. The molecule has 0 fully saturated rings. The lowest BCUT2D eigenvalue weighted by Crippen LogP contribution is -2.04. The predicted octanol–water partition coefficient (Wildman–Crippen LogP) is 2.99. The third-order valence-corrected chi connectivity index (χ3v) is 3.36. The van der Waals surface area contributed by atoms with Gasteiger partial charge in [0.25, 0.3) is 0 Å². The number of hydrogen-bond donors (Lipinski definition) is 1. The molecule has 1 aromatic heterocycles. The summed E-state index contributed by atoms with van der Waals surface area (Å²) in [6.45, 7) is 7.65. The van der Waals surface area contributed by atoms with Crippen molar-refractivity contribution in [2.24, 2.45) is 5.73 Å². The fraction of sp³-hybridized carbons (Fsp3) is 0.375. The number of benzene rings is 1. The molecule has 0 amide bonds. The van der Waals surface area contributed by atoms with Gasteiger partial charge in [-0.05, 0) is 69.6 Å². The van der Waals surface area contributed by atoms with Crippen molar-refractivity contribution in [2.45, 2.75) is 27.2 Å². The lowest BCUT2D eigenvalue weighted by molar-refractivity contribution is 0.340. The Kier molecular flexibility index (Phi) is 4.27. The quantitative estimate of drug-likeness (QED) is 0.895. The van der Waals surface area contributed by atoms with Crippen LogP contribution in [0.2, 0.25) is 0 Å². The molecule has 19 heavy (non-hydrogen) atoms. The van der Waals surface area contributed by atoms with Crippen molar-refractivity contribution in [1.29, 1.82) is 0 Å². The number of nitrogens with two attached hydrogens (primary N) is 1. The Morgan fingerprint density at radius 2 is 1.84 bits per heavy atom. The number of ether oxygens (including phenoxy) is 1. The van der Waals surface area contributed by atoms with Crippen LogP contribution < -0.4 is 10.5 Å². The summed E-state index contributed by atoms with van der Waals surface area (Å²) in [5, 5.41) is 0. The molecule has 0 bridgehead atoms. The van der Waals surface area contributed by atoms with Gasteiger partial charge < -0.3 is 15.0 Å². The molecule has 2 aromatic rings. The minimum absolute atomic E-state index is 0.688. The maximum absolute atomic E-state index is 5.65. The van der Waals surface area contributed by atoms with E-state index in [4.69, 9.17) is 10.5 Å². The normalized spacial score (nSPS) is 10.7. The highest BCUT2D eigenvalue weighted by molar-refractivity contribution is 5.43. The number of aromatic nitrogens is 1. The number of hydrogen-bond acceptors (Lipinski definition) is 2. The van der Waals surface area contributed by atoms with Crippen LogP contribution in [0.15, 0.2) is 30.3 Å². The van der Waals surface area contributed by atoms with Crippen molar-refractivity contribution in [1.82, 2.24) is 4.57 Å². The fourth-order valence-electron chi connectivity index (χ4n) is 2.49. The van der Waals surface area contributed by atoms with Gasteiger partial charge in [-0.25, -0.2) is 0 Å². The van der Waals surface area contributed by atoms with E-state index in [1.807, 2.05) is 19.1 Å². The fourth-order valence-corrected chi connectivity index (χ4v) is 2.49. The second kappa shape index (κ2) is 5.93. The van der Waals surface area contributed by atoms with Gasteiger partial charge in [0.1, 0.15) is 5.75 Å². The predicted molar refractivity (Wildman–Crippen MR) is 79.2 cm³/mol. The molecule has 2 rings (SSSR count). The molecule has 3 nitrogen and oxygen atoms in total. The van der Waals surface area contributed by atoms with Crippen LogP contribution in [0.25, 0.3) is 5.69 Å². The molecular weight excluding hydrogens is 236 g/mol. The summed E-state index contributed by atoms with van der Waals surface area (Å²) in [5.41, 5.74) is 10.7. The molecule has 102 valence electrons. The third-order valence-electron chi connectivity index (χ3n) is 3.36. The molecule has 1 heterocycles. The molecular formula is C16H22N2O. The molecule has 0 unspecified atom stereocenters. The van der Waals surface area contributed by atoms with E-state index in [-0.39, 0.29) is 0 Å². The van der Waals surface area contributed by atoms with Gasteiger partial charge in [-0.1, -0.05) is 0 Å². The van der Waals surface area contributed by atoms with Crippen LogP contribution in [0.3, 0.4) is 0 Å². The van der Waals surface area contributed by atoms with Gasteiger partial charge in [-0.15, -0.1) is 0 Å². The Labute approximate surface area is 115 Å². The number of rotatable bonds is 5. The van der Waals surface area contributed by atoms with E-state index in [0.29, 0.717) is 13.2 Å². The van der Waals surface area contributed by atoms with Gasteiger partial charge in [0.05, 0.1) is 6.61 Å². The van der Waals surface area contributed by atoms with E-state index in [1.165, 1.54) is 22.6 Å². The zero-order valence-electron chi connectivity index (χ0n) is 11.9. The minimum atomic E-state index is 0.688. The zero-order valence-corrected chi connectivity index (χ0v) is 11.9. The smallest absolute Gasteiger partial charge is 0.119 e. The average Bonchev–Trinajstić information content (AvgIpc) is 2.67. The Balaban J connectivity index is 2.35.